The van der Waals surface area contributed by atoms with Gasteiger partial charge in [-0.15, -0.1) is 0 Å². The number of halogens is 3. The molecule has 3 aromatic rings. The van der Waals surface area contributed by atoms with Crippen LogP contribution in [0.4, 0.5) is 14.9 Å². The summed E-state index contributed by atoms with van der Waals surface area (Å²) < 4.78 is 14.2. The molecule has 0 bridgehead atoms. The van der Waals surface area contributed by atoms with Gasteiger partial charge >= 0.3 is 6.03 Å². The van der Waals surface area contributed by atoms with Crippen molar-refractivity contribution < 1.29 is 9.18 Å². The van der Waals surface area contributed by atoms with E-state index in [0.29, 0.717) is 34.3 Å². The molecule has 0 aliphatic heterocycles. The van der Waals surface area contributed by atoms with E-state index in [1.165, 1.54) is 11.6 Å². The Balaban J connectivity index is 1.76. The summed E-state index contributed by atoms with van der Waals surface area (Å²) in [5.74, 6) is -0.341. The van der Waals surface area contributed by atoms with Crippen molar-refractivity contribution in [2.45, 2.75) is 26.3 Å². The Morgan fingerprint density at radius 1 is 1.00 bits per heavy atom. The van der Waals surface area contributed by atoms with Gasteiger partial charge in [-0.2, -0.15) is 0 Å². The predicted octanol–water partition coefficient (Wildman–Crippen LogP) is 6.97. The fourth-order valence-corrected chi connectivity index (χ4v) is 3.59. The fourth-order valence-electron chi connectivity index (χ4n) is 3.09. The lowest BCUT2D eigenvalue weighted by atomic mass is 10.1. The monoisotopic (exact) mass is 444 g/mol. The third kappa shape index (κ3) is 5.97. The molecule has 0 fully saturated rings. The number of benzene rings is 3. The predicted molar refractivity (Wildman–Crippen MR) is 122 cm³/mol. The average Bonchev–Trinajstić information content (AvgIpc) is 2.74. The summed E-state index contributed by atoms with van der Waals surface area (Å²) in [6.07, 6.45) is 1.45. The molecule has 6 heteroatoms. The van der Waals surface area contributed by atoms with Gasteiger partial charge in [0.05, 0.1) is 6.54 Å². The standard InChI is InChI=1S/C24H23Cl2FN2O/c1-2-17-7-11-21(12-8-17)28-24(30)29(16-19-5-3-4-6-23(19)27)14-13-18-9-10-20(25)15-22(18)26/h3-12,15H,2,13-14,16H2,1H3,(H,28,30). The molecule has 3 nitrogen and oxygen atoms in total. The fraction of sp³-hybridized carbons (Fsp3) is 0.208. The van der Waals surface area contributed by atoms with Crippen LogP contribution in [0.15, 0.2) is 66.7 Å². The van der Waals surface area contributed by atoms with E-state index in [0.717, 1.165) is 12.0 Å². The molecule has 0 radical (unpaired) electrons. The number of urea groups is 1. The molecule has 0 atom stereocenters. The van der Waals surface area contributed by atoms with Gasteiger partial charge in [0.25, 0.3) is 0 Å². The second kappa shape index (κ2) is 10.5. The Hall–Kier alpha value is -2.56. The number of nitrogens with zero attached hydrogens (tertiary/aromatic N) is 1. The zero-order valence-corrected chi connectivity index (χ0v) is 18.2. The lowest BCUT2D eigenvalue weighted by Gasteiger charge is -2.24. The van der Waals surface area contributed by atoms with Crippen molar-refractivity contribution in [2.75, 3.05) is 11.9 Å². The van der Waals surface area contributed by atoms with E-state index in [1.807, 2.05) is 30.3 Å². The van der Waals surface area contributed by atoms with Crippen molar-refractivity contribution in [1.29, 1.82) is 0 Å². The zero-order chi connectivity index (χ0) is 21.5. The van der Waals surface area contributed by atoms with E-state index in [1.54, 1.807) is 35.2 Å². The Kier molecular flexibility index (Phi) is 7.72. The molecule has 0 aliphatic carbocycles. The van der Waals surface area contributed by atoms with Crippen LogP contribution in [0.25, 0.3) is 0 Å². The maximum Gasteiger partial charge on any atom is 0.322 e. The number of nitrogens with one attached hydrogen (secondary N) is 1. The highest BCUT2D eigenvalue weighted by Gasteiger charge is 2.17. The zero-order valence-electron chi connectivity index (χ0n) is 16.7. The first-order valence-corrected chi connectivity index (χ1v) is 10.5. The highest BCUT2D eigenvalue weighted by Crippen LogP contribution is 2.22. The highest BCUT2D eigenvalue weighted by molar-refractivity contribution is 6.35. The van der Waals surface area contributed by atoms with Crippen LogP contribution in [0.2, 0.25) is 10.0 Å². The van der Waals surface area contributed by atoms with Gasteiger partial charge in [-0.3, -0.25) is 0 Å². The molecule has 156 valence electrons. The van der Waals surface area contributed by atoms with E-state index in [4.69, 9.17) is 23.2 Å². The van der Waals surface area contributed by atoms with Gasteiger partial charge in [0.2, 0.25) is 0 Å². The number of amides is 2. The normalized spacial score (nSPS) is 10.7. The Bertz CT molecular complexity index is 1010. The van der Waals surface area contributed by atoms with Crippen molar-refractivity contribution >= 4 is 34.9 Å². The second-order valence-corrected chi connectivity index (χ2v) is 7.82. The van der Waals surface area contributed by atoms with Crippen LogP contribution in [0.3, 0.4) is 0 Å². The smallest absolute Gasteiger partial charge is 0.320 e. The molecule has 0 aliphatic rings. The molecule has 0 saturated carbocycles. The summed E-state index contributed by atoms with van der Waals surface area (Å²) in [6.45, 7) is 2.59. The molecule has 0 spiro atoms. The van der Waals surface area contributed by atoms with Crippen molar-refractivity contribution in [3.63, 3.8) is 0 Å². The molecular formula is C24H23Cl2FN2O. The number of aryl methyl sites for hydroxylation is 1. The molecular weight excluding hydrogens is 422 g/mol. The molecule has 3 aromatic carbocycles. The number of carbonyl (C=O) groups excluding carboxylic acids is 1. The van der Waals surface area contributed by atoms with Gasteiger partial charge < -0.3 is 10.2 Å². The van der Waals surface area contributed by atoms with Crippen molar-refractivity contribution in [3.8, 4) is 0 Å². The summed E-state index contributed by atoms with van der Waals surface area (Å²) in [5.41, 5.74) is 3.21. The third-order valence-corrected chi connectivity index (χ3v) is 5.47. The number of hydrogen-bond acceptors (Lipinski definition) is 1. The van der Waals surface area contributed by atoms with Crippen LogP contribution in [0.1, 0.15) is 23.6 Å². The molecule has 3 rings (SSSR count). The topological polar surface area (TPSA) is 32.3 Å². The summed E-state index contributed by atoms with van der Waals surface area (Å²) in [7, 11) is 0. The molecule has 2 amide bonds. The molecule has 0 unspecified atom stereocenters. The summed E-state index contributed by atoms with van der Waals surface area (Å²) in [5, 5.41) is 4.00. The first-order chi connectivity index (χ1) is 14.5. The Labute approximate surface area is 186 Å². The lowest BCUT2D eigenvalue weighted by molar-refractivity contribution is 0.209. The largest absolute Gasteiger partial charge is 0.322 e. The van der Waals surface area contributed by atoms with Crippen LogP contribution < -0.4 is 5.32 Å². The van der Waals surface area contributed by atoms with Crippen molar-refractivity contribution in [1.82, 2.24) is 4.90 Å². The van der Waals surface area contributed by atoms with E-state index >= 15 is 0 Å². The number of hydrogen-bond donors (Lipinski definition) is 1. The second-order valence-electron chi connectivity index (χ2n) is 6.98. The maximum absolute atomic E-state index is 14.2. The lowest BCUT2D eigenvalue weighted by Crippen LogP contribution is -2.36. The first kappa shape index (κ1) is 22.1. The van der Waals surface area contributed by atoms with Crippen LogP contribution >= 0.6 is 23.2 Å². The molecule has 30 heavy (non-hydrogen) atoms. The van der Waals surface area contributed by atoms with Gasteiger partial charge in [-0.05, 0) is 54.3 Å². The quantitative estimate of drug-likeness (QED) is 0.419. The van der Waals surface area contributed by atoms with E-state index in [-0.39, 0.29) is 18.4 Å². The van der Waals surface area contributed by atoms with Crippen molar-refractivity contribution in [2.24, 2.45) is 0 Å². The van der Waals surface area contributed by atoms with Gasteiger partial charge in [0, 0.05) is 27.8 Å². The van der Waals surface area contributed by atoms with Crippen LogP contribution in [0.5, 0.6) is 0 Å². The van der Waals surface area contributed by atoms with E-state index in [2.05, 4.69) is 12.2 Å². The molecule has 0 saturated heterocycles. The summed E-state index contributed by atoms with van der Waals surface area (Å²) in [6, 6.07) is 19.1. The highest BCUT2D eigenvalue weighted by atomic mass is 35.5. The van der Waals surface area contributed by atoms with E-state index < -0.39 is 0 Å². The van der Waals surface area contributed by atoms with E-state index in [9.17, 15) is 9.18 Å². The summed E-state index contributed by atoms with van der Waals surface area (Å²) >= 11 is 12.2. The number of rotatable bonds is 7. The van der Waals surface area contributed by atoms with Crippen molar-refractivity contribution in [3.05, 3.63) is 99.3 Å². The van der Waals surface area contributed by atoms with Gasteiger partial charge in [-0.1, -0.05) is 66.5 Å². The first-order valence-electron chi connectivity index (χ1n) is 9.78. The molecule has 0 heterocycles. The van der Waals surface area contributed by atoms with Crippen LogP contribution in [0, 0.1) is 5.82 Å². The van der Waals surface area contributed by atoms with Gasteiger partial charge in [0.15, 0.2) is 0 Å². The average molecular weight is 445 g/mol. The molecule has 0 aromatic heterocycles. The summed E-state index contributed by atoms with van der Waals surface area (Å²) in [4.78, 5) is 14.6. The SMILES string of the molecule is CCc1ccc(NC(=O)N(CCc2ccc(Cl)cc2Cl)Cc2ccccc2F)cc1. The minimum absolute atomic E-state index is 0.150. The number of anilines is 1. The van der Waals surface area contributed by atoms with Gasteiger partial charge in [0.1, 0.15) is 5.82 Å². The minimum atomic E-state index is -0.341. The van der Waals surface area contributed by atoms with Crippen LogP contribution in [-0.4, -0.2) is 17.5 Å². The minimum Gasteiger partial charge on any atom is -0.320 e. The Morgan fingerprint density at radius 3 is 2.40 bits per heavy atom. The molecule has 1 N–H and O–H groups in total. The van der Waals surface area contributed by atoms with Gasteiger partial charge in [-0.25, -0.2) is 9.18 Å². The third-order valence-electron chi connectivity index (χ3n) is 4.89. The van der Waals surface area contributed by atoms with Crippen LogP contribution in [-0.2, 0) is 19.4 Å². The Morgan fingerprint density at radius 2 is 1.73 bits per heavy atom. The number of carbonyl (C=O) groups is 1. The maximum atomic E-state index is 14.2.